The van der Waals surface area contributed by atoms with Gasteiger partial charge in [-0.2, -0.15) is 18.2 Å². The van der Waals surface area contributed by atoms with Crippen molar-refractivity contribution in [2.45, 2.75) is 37.8 Å². The van der Waals surface area contributed by atoms with Crippen LogP contribution < -0.4 is 4.74 Å². The van der Waals surface area contributed by atoms with Gasteiger partial charge in [0.1, 0.15) is 0 Å². The number of hydrogen-bond acceptors (Lipinski definition) is 7. The molecule has 192 valence electrons. The number of carbonyl (C=O) groups excluding carboxylic acids is 1. The van der Waals surface area contributed by atoms with Gasteiger partial charge in [-0.1, -0.05) is 24.3 Å². The molecular weight excluding hydrogens is 489 g/mol. The van der Waals surface area contributed by atoms with E-state index in [9.17, 15) is 26.4 Å². The Kier molecular flexibility index (Phi) is 7.25. The van der Waals surface area contributed by atoms with Gasteiger partial charge in [0.25, 0.3) is 0 Å². The highest BCUT2D eigenvalue weighted by Gasteiger charge is 2.37. The first-order chi connectivity index (χ1) is 16.5. The Hall–Kier alpha value is -2.83. The van der Waals surface area contributed by atoms with Crippen molar-refractivity contribution >= 4 is 15.9 Å². The minimum absolute atomic E-state index is 0.0819. The number of halogens is 3. The predicted molar refractivity (Wildman–Crippen MR) is 119 cm³/mol. The van der Waals surface area contributed by atoms with E-state index >= 15 is 0 Å². The molecular formula is C22H27F3N4O5S. The van der Waals surface area contributed by atoms with Gasteiger partial charge in [0.05, 0.1) is 30.5 Å². The highest BCUT2D eigenvalue weighted by Crippen LogP contribution is 2.36. The number of sulfone groups is 1. The monoisotopic (exact) mass is 516 g/mol. The quantitative estimate of drug-likeness (QED) is 0.602. The molecule has 4 rings (SSSR count). The average molecular weight is 517 g/mol. The number of ether oxygens (including phenoxy) is 1. The van der Waals surface area contributed by atoms with Crippen molar-refractivity contribution in [2.24, 2.45) is 0 Å². The summed E-state index contributed by atoms with van der Waals surface area (Å²) in [6.45, 7) is 3.01. The van der Waals surface area contributed by atoms with Crippen LogP contribution in [0.3, 0.4) is 0 Å². The summed E-state index contributed by atoms with van der Waals surface area (Å²) in [5, 5.41) is 3.80. The van der Waals surface area contributed by atoms with E-state index < -0.39 is 22.4 Å². The molecule has 35 heavy (non-hydrogen) atoms. The Balaban J connectivity index is 1.55. The van der Waals surface area contributed by atoms with Crippen molar-refractivity contribution in [3.05, 3.63) is 41.3 Å². The summed E-state index contributed by atoms with van der Waals surface area (Å²) in [7, 11) is -3.15. The second-order valence-electron chi connectivity index (χ2n) is 8.84. The van der Waals surface area contributed by atoms with Gasteiger partial charge in [0.2, 0.25) is 5.89 Å². The molecule has 2 aliphatic rings. The third-order valence-electron chi connectivity index (χ3n) is 6.24. The molecule has 0 aliphatic carbocycles. The minimum Gasteiger partial charge on any atom is -0.462 e. The Labute approximate surface area is 201 Å². The molecule has 2 aromatic rings. The molecule has 1 aromatic carbocycles. The number of amides is 2. The molecule has 9 nitrogen and oxygen atoms in total. The Morgan fingerprint density at radius 2 is 1.77 bits per heavy atom. The average Bonchev–Trinajstić information content (AvgIpc) is 3.27. The molecule has 2 saturated heterocycles. The number of carbonyl (C=O) groups is 1. The molecule has 2 unspecified atom stereocenters. The largest absolute Gasteiger partial charge is 0.462 e. The van der Waals surface area contributed by atoms with E-state index in [-0.39, 0.29) is 54.0 Å². The van der Waals surface area contributed by atoms with E-state index in [1.807, 2.05) is 0 Å². The Morgan fingerprint density at radius 1 is 1.11 bits per heavy atom. The number of urea groups is 1. The van der Waals surface area contributed by atoms with Crippen molar-refractivity contribution in [2.75, 3.05) is 44.3 Å². The van der Waals surface area contributed by atoms with Crippen LogP contribution in [0.25, 0.3) is 0 Å². The van der Waals surface area contributed by atoms with Crippen LogP contribution >= 0.6 is 0 Å². The number of aromatic nitrogens is 2. The first-order valence-corrected chi connectivity index (χ1v) is 13.2. The third-order valence-corrected chi connectivity index (χ3v) is 7.85. The molecule has 0 bridgehead atoms. The first-order valence-electron chi connectivity index (χ1n) is 11.4. The van der Waals surface area contributed by atoms with Crippen LogP contribution in [0.2, 0.25) is 0 Å². The van der Waals surface area contributed by atoms with Crippen LogP contribution in [-0.2, 0) is 16.3 Å². The normalized spacial score (nSPS) is 22.7. The second kappa shape index (κ2) is 10.0. The molecule has 2 amide bonds. The zero-order valence-corrected chi connectivity index (χ0v) is 20.0. The molecule has 0 N–H and O–H groups in total. The van der Waals surface area contributed by atoms with Gasteiger partial charge in [-0.05, 0) is 29.6 Å². The molecule has 2 atom stereocenters. The lowest BCUT2D eigenvalue weighted by Crippen LogP contribution is -2.53. The fraction of sp³-hybridized carbons (Fsp3) is 0.591. The zero-order valence-electron chi connectivity index (χ0n) is 19.2. The highest BCUT2D eigenvalue weighted by atomic mass is 32.2. The number of nitrogens with zero attached hydrogens (tertiary/aromatic N) is 4. The molecule has 13 heteroatoms. The summed E-state index contributed by atoms with van der Waals surface area (Å²) in [6, 6.07) is 6.03. The molecule has 0 saturated carbocycles. The van der Waals surface area contributed by atoms with Crippen LogP contribution in [0.15, 0.2) is 28.8 Å². The molecule has 1 aromatic heterocycles. The van der Waals surface area contributed by atoms with E-state index in [2.05, 4.69) is 10.1 Å². The summed E-state index contributed by atoms with van der Waals surface area (Å²) in [5.41, 5.74) is 0.957. The second-order valence-corrected chi connectivity index (χ2v) is 11.1. The summed E-state index contributed by atoms with van der Waals surface area (Å²) in [4.78, 5) is 20.7. The maximum atomic E-state index is 13.3. The smallest absolute Gasteiger partial charge is 0.393 e. The van der Waals surface area contributed by atoms with Gasteiger partial charge in [0.15, 0.2) is 9.84 Å². The SMILES string of the molecule is CCOc1noc(C2CC(c3ccc(CC(F)(F)F)cc3)CN(C(=O)N3CCS(=O)(=O)CC3)C2)n1. The molecule has 0 spiro atoms. The summed E-state index contributed by atoms with van der Waals surface area (Å²) < 4.78 is 72.4. The number of likely N-dealkylation sites (tertiary alicyclic amines) is 1. The van der Waals surface area contributed by atoms with Crippen molar-refractivity contribution in [3.8, 4) is 6.01 Å². The lowest BCUT2D eigenvalue weighted by molar-refractivity contribution is -0.127. The van der Waals surface area contributed by atoms with Crippen LogP contribution in [0.1, 0.15) is 42.2 Å². The number of alkyl halides is 3. The molecule has 2 aliphatic heterocycles. The third kappa shape index (κ3) is 6.44. The summed E-state index contributed by atoms with van der Waals surface area (Å²) >= 11 is 0. The minimum atomic E-state index is -4.29. The van der Waals surface area contributed by atoms with Gasteiger partial charge in [-0.15, -0.1) is 0 Å². The Bertz CT molecular complexity index is 1120. The van der Waals surface area contributed by atoms with Crippen LogP contribution in [0, 0.1) is 0 Å². The van der Waals surface area contributed by atoms with E-state index in [0.29, 0.717) is 32.0 Å². The zero-order chi connectivity index (χ0) is 25.2. The van der Waals surface area contributed by atoms with Crippen LogP contribution in [0.4, 0.5) is 18.0 Å². The van der Waals surface area contributed by atoms with Gasteiger partial charge < -0.3 is 19.1 Å². The van der Waals surface area contributed by atoms with Crippen molar-refractivity contribution in [1.29, 1.82) is 0 Å². The number of piperidine rings is 1. The van der Waals surface area contributed by atoms with Crippen molar-refractivity contribution in [1.82, 2.24) is 19.9 Å². The predicted octanol–water partition coefficient (Wildman–Crippen LogP) is 3.00. The van der Waals surface area contributed by atoms with Gasteiger partial charge in [-0.3, -0.25) is 0 Å². The molecule has 0 radical (unpaired) electrons. The fourth-order valence-corrected chi connectivity index (χ4v) is 5.69. The van der Waals surface area contributed by atoms with Crippen molar-refractivity contribution < 1.29 is 35.6 Å². The first kappa shape index (κ1) is 25.3. The van der Waals surface area contributed by atoms with Gasteiger partial charge in [-0.25, -0.2) is 13.2 Å². The van der Waals surface area contributed by atoms with Crippen LogP contribution in [0.5, 0.6) is 6.01 Å². The highest BCUT2D eigenvalue weighted by molar-refractivity contribution is 7.91. The lowest BCUT2D eigenvalue weighted by Gasteiger charge is -2.40. The van der Waals surface area contributed by atoms with E-state index in [0.717, 1.165) is 5.56 Å². The van der Waals surface area contributed by atoms with Gasteiger partial charge >= 0.3 is 18.2 Å². The van der Waals surface area contributed by atoms with Crippen molar-refractivity contribution in [3.63, 3.8) is 0 Å². The van der Waals surface area contributed by atoms with E-state index in [1.54, 1.807) is 24.0 Å². The number of hydrogen-bond donors (Lipinski definition) is 0. The topological polar surface area (TPSA) is 106 Å². The number of rotatable bonds is 5. The standard InChI is InChI=1S/C22H27F3N4O5S/c1-2-33-20-26-19(34-27-20)18-11-17(16-5-3-15(4-6-16)12-22(23,24)25)13-29(14-18)21(30)28-7-9-35(31,32)10-8-28/h3-6,17-18H,2,7-14H2,1H3. The van der Waals surface area contributed by atoms with E-state index in [1.165, 1.54) is 17.0 Å². The van der Waals surface area contributed by atoms with E-state index in [4.69, 9.17) is 9.26 Å². The van der Waals surface area contributed by atoms with Crippen LogP contribution in [-0.4, -0.2) is 84.9 Å². The molecule has 2 fully saturated rings. The summed E-state index contributed by atoms with van der Waals surface area (Å²) in [6.07, 6.45) is -4.76. The maximum absolute atomic E-state index is 13.3. The lowest BCUT2D eigenvalue weighted by atomic mass is 9.84. The van der Waals surface area contributed by atoms with Gasteiger partial charge in [0, 0.05) is 32.1 Å². The fourth-order valence-electron chi connectivity index (χ4n) is 4.49. The molecule has 3 heterocycles. The Morgan fingerprint density at radius 3 is 2.40 bits per heavy atom. The summed E-state index contributed by atoms with van der Waals surface area (Å²) in [5.74, 6) is -0.356. The maximum Gasteiger partial charge on any atom is 0.393 e. The number of benzene rings is 1.